The van der Waals surface area contributed by atoms with Crippen molar-refractivity contribution in [2.24, 2.45) is 0 Å². The molecule has 1 aromatic heterocycles. The largest absolute Gasteiger partial charge is 0.465 e. The molecule has 23 heavy (non-hydrogen) atoms. The van der Waals surface area contributed by atoms with Crippen molar-refractivity contribution in [1.29, 1.82) is 0 Å². The highest BCUT2D eigenvalue weighted by Gasteiger charge is 2.26. The van der Waals surface area contributed by atoms with E-state index in [1.54, 1.807) is 24.8 Å². The highest BCUT2D eigenvalue weighted by Crippen LogP contribution is 2.17. The van der Waals surface area contributed by atoms with Crippen LogP contribution in [0, 0.1) is 0 Å². The van der Waals surface area contributed by atoms with Crippen molar-refractivity contribution in [2.75, 3.05) is 14.2 Å². The van der Waals surface area contributed by atoms with E-state index >= 15 is 0 Å². The lowest BCUT2D eigenvalue weighted by molar-refractivity contribution is -0.689. The van der Waals surface area contributed by atoms with Crippen molar-refractivity contribution in [2.45, 2.75) is 45.6 Å². The standard InChI is InChI=1S/C17H25N2O4/c1-4-5-6-7-8-14(13-19-11-9-18-10-12-19)15(16(20)22-2)17(21)23-3/h9-12H,4-8,13H2,1-3H3/q+1. The Kier molecular flexibility index (Phi) is 8.57. The highest BCUT2D eigenvalue weighted by molar-refractivity contribution is 6.14. The molecule has 0 saturated carbocycles. The molecule has 6 heteroatoms. The molecule has 0 spiro atoms. The monoisotopic (exact) mass is 321 g/mol. The Hall–Kier alpha value is -2.24. The molecule has 1 heterocycles. The third-order valence-electron chi connectivity index (χ3n) is 3.53. The fourth-order valence-corrected chi connectivity index (χ4v) is 2.30. The van der Waals surface area contributed by atoms with Crippen molar-refractivity contribution in [3.05, 3.63) is 35.9 Å². The van der Waals surface area contributed by atoms with Crippen LogP contribution in [0.1, 0.15) is 39.0 Å². The lowest BCUT2D eigenvalue weighted by Gasteiger charge is -2.10. The first kappa shape index (κ1) is 18.8. The Balaban J connectivity index is 3.08. The van der Waals surface area contributed by atoms with Gasteiger partial charge in [0.15, 0.2) is 18.9 Å². The quantitative estimate of drug-likeness (QED) is 0.174. The Labute approximate surface area is 137 Å². The van der Waals surface area contributed by atoms with E-state index in [0.717, 1.165) is 31.3 Å². The molecule has 0 bridgehead atoms. The zero-order valence-corrected chi connectivity index (χ0v) is 14.1. The van der Waals surface area contributed by atoms with Crippen LogP contribution in [0.15, 0.2) is 35.9 Å². The molecule has 0 amide bonds. The average Bonchev–Trinajstić information content (AvgIpc) is 2.59. The molecule has 0 atom stereocenters. The molecule has 0 saturated heterocycles. The van der Waals surface area contributed by atoms with Gasteiger partial charge < -0.3 is 9.47 Å². The van der Waals surface area contributed by atoms with Gasteiger partial charge in [-0.1, -0.05) is 26.2 Å². The van der Waals surface area contributed by atoms with Gasteiger partial charge in [-0.05, 0) is 12.8 Å². The van der Waals surface area contributed by atoms with E-state index in [-0.39, 0.29) is 5.57 Å². The van der Waals surface area contributed by atoms with Gasteiger partial charge in [0.25, 0.3) is 0 Å². The van der Waals surface area contributed by atoms with Crippen molar-refractivity contribution >= 4 is 11.9 Å². The fourth-order valence-electron chi connectivity index (χ4n) is 2.30. The summed E-state index contributed by atoms with van der Waals surface area (Å²) in [5.41, 5.74) is 0.715. The van der Waals surface area contributed by atoms with Crippen LogP contribution >= 0.6 is 0 Å². The summed E-state index contributed by atoms with van der Waals surface area (Å²) in [6.07, 6.45) is 11.8. The third-order valence-corrected chi connectivity index (χ3v) is 3.53. The number of nitrogens with zero attached hydrogens (tertiary/aromatic N) is 2. The van der Waals surface area contributed by atoms with E-state index in [2.05, 4.69) is 11.9 Å². The minimum absolute atomic E-state index is 0.00388. The minimum atomic E-state index is -0.656. The van der Waals surface area contributed by atoms with Crippen LogP contribution in [0.4, 0.5) is 0 Å². The number of aromatic nitrogens is 2. The van der Waals surface area contributed by atoms with Gasteiger partial charge in [-0.3, -0.25) is 4.98 Å². The van der Waals surface area contributed by atoms with Crippen molar-refractivity contribution < 1.29 is 23.6 Å². The van der Waals surface area contributed by atoms with Gasteiger partial charge in [0, 0.05) is 5.57 Å². The Morgan fingerprint density at radius 1 is 1.00 bits per heavy atom. The lowest BCUT2D eigenvalue weighted by Crippen LogP contribution is -2.35. The van der Waals surface area contributed by atoms with Crippen LogP contribution in [0.3, 0.4) is 0 Å². The number of carbonyl (C=O) groups excluding carboxylic acids is 2. The number of hydrogen-bond donors (Lipinski definition) is 0. The second-order valence-corrected chi connectivity index (χ2v) is 5.19. The van der Waals surface area contributed by atoms with Crippen LogP contribution in [-0.4, -0.2) is 31.1 Å². The van der Waals surface area contributed by atoms with Crippen molar-refractivity contribution in [1.82, 2.24) is 4.98 Å². The number of methoxy groups -OCH3 is 2. The molecule has 126 valence electrons. The van der Waals surface area contributed by atoms with Gasteiger partial charge in [-0.2, -0.15) is 4.57 Å². The molecule has 0 aliphatic heterocycles. The topological polar surface area (TPSA) is 69.4 Å². The second-order valence-electron chi connectivity index (χ2n) is 5.19. The van der Waals surface area contributed by atoms with Crippen LogP contribution in [0.5, 0.6) is 0 Å². The fraction of sp³-hybridized carbons (Fsp3) is 0.529. The van der Waals surface area contributed by atoms with Crippen LogP contribution in [0.2, 0.25) is 0 Å². The summed E-state index contributed by atoms with van der Waals surface area (Å²) in [4.78, 5) is 28.0. The van der Waals surface area contributed by atoms with Crippen LogP contribution in [-0.2, 0) is 25.6 Å². The zero-order valence-electron chi connectivity index (χ0n) is 14.1. The first-order valence-electron chi connectivity index (χ1n) is 7.81. The maximum absolute atomic E-state index is 12.0. The maximum atomic E-state index is 12.0. The summed E-state index contributed by atoms with van der Waals surface area (Å²) in [6.45, 7) is 2.56. The molecule has 0 aromatic carbocycles. The number of hydrogen-bond acceptors (Lipinski definition) is 5. The Bertz CT molecular complexity index is 523. The number of ether oxygens (including phenoxy) is 2. The first-order chi connectivity index (χ1) is 11.1. The molecule has 6 nitrogen and oxygen atoms in total. The summed E-state index contributed by atoms with van der Waals surface area (Å²) in [5, 5.41) is 0. The predicted octanol–water partition coefficient (Wildman–Crippen LogP) is 1.98. The van der Waals surface area contributed by atoms with Crippen LogP contribution in [0.25, 0.3) is 0 Å². The molecule has 0 aliphatic carbocycles. The van der Waals surface area contributed by atoms with Gasteiger partial charge in [-0.15, -0.1) is 0 Å². The maximum Gasteiger partial charge on any atom is 0.345 e. The molecular formula is C17H25N2O4+. The zero-order chi connectivity index (χ0) is 17.1. The first-order valence-corrected chi connectivity index (χ1v) is 7.81. The molecular weight excluding hydrogens is 296 g/mol. The minimum Gasteiger partial charge on any atom is -0.465 e. The van der Waals surface area contributed by atoms with Crippen LogP contribution < -0.4 is 4.57 Å². The molecule has 0 radical (unpaired) electrons. The number of esters is 2. The van der Waals surface area contributed by atoms with E-state index < -0.39 is 11.9 Å². The second kappa shape index (κ2) is 10.5. The number of unbranched alkanes of at least 4 members (excludes halogenated alkanes) is 3. The molecule has 1 aromatic rings. The van der Waals surface area contributed by atoms with E-state index in [1.165, 1.54) is 14.2 Å². The molecule has 0 unspecified atom stereocenters. The van der Waals surface area contributed by atoms with E-state index in [9.17, 15) is 9.59 Å². The Morgan fingerprint density at radius 3 is 2.13 bits per heavy atom. The summed E-state index contributed by atoms with van der Waals surface area (Å²) >= 11 is 0. The molecule has 0 aliphatic rings. The molecule has 0 fully saturated rings. The van der Waals surface area contributed by atoms with E-state index in [4.69, 9.17) is 9.47 Å². The van der Waals surface area contributed by atoms with Gasteiger partial charge in [0.2, 0.25) is 0 Å². The van der Waals surface area contributed by atoms with E-state index in [1.807, 2.05) is 4.57 Å². The summed E-state index contributed by atoms with van der Waals surface area (Å²) in [6, 6.07) is 0. The normalized spacial score (nSPS) is 10.0. The number of allylic oxidation sites excluding steroid dienone is 1. The van der Waals surface area contributed by atoms with Crippen molar-refractivity contribution in [3.8, 4) is 0 Å². The SMILES string of the molecule is CCCCCCC(C[n+]1ccncc1)=C(C(=O)OC)C(=O)OC. The Morgan fingerprint density at radius 2 is 1.61 bits per heavy atom. The number of carbonyl (C=O) groups is 2. The smallest absolute Gasteiger partial charge is 0.345 e. The third kappa shape index (κ3) is 6.18. The molecule has 0 N–H and O–H groups in total. The van der Waals surface area contributed by atoms with Gasteiger partial charge in [-0.25, -0.2) is 9.59 Å². The summed E-state index contributed by atoms with van der Waals surface area (Å²) in [5.74, 6) is -1.31. The van der Waals surface area contributed by atoms with Gasteiger partial charge in [0.1, 0.15) is 5.57 Å². The van der Waals surface area contributed by atoms with Crippen molar-refractivity contribution in [3.63, 3.8) is 0 Å². The molecule has 1 rings (SSSR count). The summed E-state index contributed by atoms with van der Waals surface area (Å²) in [7, 11) is 2.53. The highest BCUT2D eigenvalue weighted by atomic mass is 16.5. The lowest BCUT2D eigenvalue weighted by atomic mass is 10.0. The van der Waals surface area contributed by atoms with Gasteiger partial charge in [0.05, 0.1) is 26.6 Å². The van der Waals surface area contributed by atoms with E-state index in [0.29, 0.717) is 13.0 Å². The predicted molar refractivity (Wildman–Crippen MR) is 84.2 cm³/mol. The average molecular weight is 321 g/mol. The number of rotatable bonds is 9. The summed E-state index contributed by atoms with van der Waals surface area (Å²) < 4.78 is 11.4. The van der Waals surface area contributed by atoms with Gasteiger partial charge >= 0.3 is 11.9 Å².